The molecular weight excluding hydrogens is 344 g/mol. The van der Waals surface area contributed by atoms with Crippen molar-refractivity contribution >= 4 is 11.8 Å². The number of hydrogen-bond donors (Lipinski definition) is 1. The van der Waals surface area contributed by atoms with Gasteiger partial charge in [0, 0.05) is 32.8 Å². The van der Waals surface area contributed by atoms with Crippen molar-refractivity contribution in [3.05, 3.63) is 17.5 Å². The molecule has 27 heavy (non-hydrogen) atoms. The number of carbonyl (C=O) groups excluding carboxylic acids is 2. The maximum Gasteiger partial charge on any atom is 0.269 e. The molecule has 2 unspecified atom stereocenters. The van der Waals surface area contributed by atoms with Crippen molar-refractivity contribution in [3.63, 3.8) is 0 Å². The lowest BCUT2D eigenvalue weighted by atomic mass is 10.0. The second-order valence-corrected chi connectivity index (χ2v) is 7.92. The van der Waals surface area contributed by atoms with E-state index in [0.29, 0.717) is 25.3 Å². The third-order valence-corrected chi connectivity index (χ3v) is 5.09. The molecule has 152 valence electrons. The summed E-state index contributed by atoms with van der Waals surface area (Å²) >= 11 is 0. The molecule has 1 N–H and O–H groups in total. The number of rotatable bonds is 7. The van der Waals surface area contributed by atoms with Gasteiger partial charge in [-0.05, 0) is 37.7 Å². The molecule has 7 nitrogen and oxygen atoms in total. The number of aryl methyl sites for hydroxylation is 1. The minimum absolute atomic E-state index is 0.00661. The van der Waals surface area contributed by atoms with Crippen LogP contribution in [0, 0.1) is 5.92 Å². The molecule has 0 radical (unpaired) electrons. The van der Waals surface area contributed by atoms with Crippen LogP contribution in [0.25, 0.3) is 0 Å². The lowest BCUT2D eigenvalue weighted by Crippen LogP contribution is -2.53. The third kappa shape index (κ3) is 5.09. The van der Waals surface area contributed by atoms with Crippen molar-refractivity contribution in [3.8, 4) is 0 Å². The molecule has 0 aromatic carbocycles. The van der Waals surface area contributed by atoms with E-state index in [1.807, 2.05) is 31.7 Å². The Balaban J connectivity index is 2.05. The first-order valence-electron chi connectivity index (χ1n) is 9.98. The Morgan fingerprint density at radius 3 is 2.59 bits per heavy atom. The van der Waals surface area contributed by atoms with Gasteiger partial charge in [-0.25, -0.2) is 0 Å². The van der Waals surface area contributed by atoms with Crippen molar-refractivity contribution < 1.29 is 14.3 Å². The minimum atomic E-state index is -0.436. The van der Waals surface area contributed by atoms with Crippen LogP contribution in [0.5, 0.6) is 0 Å². The van der Waals surface area contributed by atoms with E-state index in [4.69, 9.17) is 4.74 Å². The zero-order chi connectivity index (χ0) is 20.1. The van der Waals surface area contributed by atoms with Crippen LogP contribution in [0.4, 0.5) is 0 Å². The molecule has 7 heteroatoms. The fourth-order valence-electron chi connectivity index (χ4n) is 3.54. The predicted molar refractivity (Wildman–Crippen MR) is 105 cm³/mol. The molecule has 1 aliphatic rings. The summed E-state index contributed by atoms with van der Waals surface area (Å²) in [4.78, 5) is 27.3. The number of piperidine rings is 1. The smallest absolute Gasteiger partial charge is 0.269 e. The molecule has 1 aromatic heterocycles. The van der Waals surface area contributed by atoms with Gasteiger partial charge in [0.15, 0.2) is 0 Å². The van der Waals surface area contributed by atoms with E-state index >= 15 is 0 Å². The highest BCUT2D eigenvalue weighted by Crippen LogP contribution is 2.18. The number of hydrogen-bond acceptors (Lipinski definition) is 4. The van der Waals surface area contributed by atoms with E-state index < -0.39 is 6.10 Å². The summed E-state index contributed by atoms with van der Waals surface area (Å²) in [6.45, 7) is 11.9. The van der Waals surface area contributed by atoms with E-state index in [0.717, 1.165) is 18.5 Å². The zero-order valence-electron chi connectivity index (χ0n) is 17.5. The number of aromatic nitrogens is 2. The first-order chi connectivity index (χ1) is 12.8. The molecule has 2 rings (SSSR count). The van der Waals surface area contributed by atoms with Gasteiger partial charge in [-0.15, -0.1) is 0 Å². The number of ether oxygens (including phenoxy) is 1. The number of nitrogens with zero attached hydrogens (tertiary/aromatic N) is 3. The van der Waals surface area contributed by atoms with E-state index in [2.05, 4.69) is 24.3 Å². The summed E-state index contributed by atoms with van der Waals surface area (Å²) < 4.78 is 7.12. The molecule has 1 fully saturated rings. The summed E-state index contributed by atoms with van der Waals surface area (Å²) in [6.07, 6.45) is 1.30. The van der Waals surface area contributed by atoms with Crippen molar-refractivity contribution in [2.45, 2.75) is 72.1 Å². The highest BCUT2D eigenvalue weighted by atomic mass is 16.5. The molecule has 0 aliphatic carbocycles. The van der Waals surface area contributed by atoms with Crippen LogP contribution >= 0.6 is 0 Å². The standard InChI is InChI=1S/C20H34N4O3/c1-7-24-17(11-16(22-24)13(2)3)19(25)21-15-9-8-10-23(12-15)20(26)18(27-6)14(4)5/h11,13-15,18H,7-10,12H2,1-6H3,(H,21,25). The first kappa shape index (κ1) is 21.4. The normalized spacial score (nSPS) is 18.8. The third-order valence-electron chi connectivity index (χ3n) is 5.09. The molecule has 0 spiro atoms. The average molecular weight is 379 g/mol. The van der Waals surface area contributed by atoms with Crippen molar-refractivity contribution in [1.82, 2.24) is 20.0 Å². The van der Waals surface area contributed by atoms with Gasteiger partial charge in [-0.2, -0.15) is 5.10 Å². The lowest BCUT2D eigenvalue weighted by molar-refractivity contribution is -0.145. The highest BCUT2D eigenvalue weighted by molar-refractivity contribution is 5.93. The summed E-state index contributed by atoms with van der Waals surface area (Å²) in [5.41, 5.74) is 1.50. The average Bonchev–Trinajstić information content (AvgIpc) is 3.07. The molecular formula is C20H34N4O3. The second-order valence-electron chi connectivity index (χ2n) is 7.92. The number of methoxy groups -OCH3 is 1. The Morgan fingerprint density at radius 2 is 2.04 bits per heavy atom. The fraction of sp³-hybridized carbons (Fsp3) is 0.750. The Labute approximate surface area is 162 Å². The van der Waals surface area contributed by atoms with Crippen LogP contribution in [0.15, 0.2) is 6.07 Å². The molecule has 2 atom stereocenters. The maximum atomic E-state index is 12.8. The Kier molecular flexibility index (Phi) is 7.41. The van der Waals surface area contributed by atoms with Crippen molar-refractivity contribution in [2.24, 2.45) is 5.92 Å². The van der Waals surface area contributed by atoms with Crippen molar-refractivity contribution in [1.29, 1.82) is 0 Å². The van der Waals surface area contributed by atoms with Gasteiger partial charge < -0.3 is 15.0 Å². The van der Waals surface area contributed by atoms with Gasteiger partial charge in [0.2, 0.25) is 0 Å². The van der Waals surface area contributed by atoms with Gasteiger partial charge >= 0.3 is 0 Å². The number of nitrogens with one attached hydrogen (secondary N) is 1. The molecule has 1 aliphatic heterocycles. The van der Waals surface area contributed by atoms with Gasteiger partial charge in [-0.3, -0.25) is 14.3 Å². The van der Waals surface area contributed by atoms with Crippen LogP contribution < -0.4 is 5.32 Å². The number of likely N-dealkylation sites (tertiary alicyclic amines) is 1. The molecule has 0 saturated carbocycles. The predicted octanol–water partition coefficient (Wildman–Crippen LogP) is 2.42. The summed E-state index contributed by atoms with van der Waals surface area (Å²) in [5, 5.41) is 7.61. The fourth-order valence-corrected chi connectivity index (χ4v) is 3.54. The Morgan fingerprint density at radius 1 is 1.33 bits per heavy atom. The SMILES string of the molecule is CCn1nc(C(C)C)cc1C(=O)NC1CCCN(C(=O)C(OC)C(C)C)C1. The Bertz CT molecular complexity index is 654. The maximum absolute atomic E-state index is 12.8. The van der Waals surface area contributed by atoms with Gasteiger partial charge in [-0.1, -0.05) is 27.7 Å². The molecule has 2 amide bonds. The zero-order valence-corrected chi connectivity index (χ0v) is 17.5. The largest absolute Gasteiger partial charge is 0.371 e. The van der Waals surface area contributed by atoms with Crippen LogP contribution in [0.2, 0.25) is 0 Å². The van der Waals surface area contributed by atoms with Crippen LogP contribution in [0.3, 0.4) is 0 Å². The Hall–Kier alpha value is -1.89. The molecule has 1 saturated heterocycles. The summed E-state index contributed by atoms with van der Waals surface area (Å²) in [5.74, 6) is 0.273. The summed E-state index contributed by atoms with van der Waals surface area (Å²) in [6, 6.07) is 1.82. The highest BCUT2D eigenvalue weighted by Gasteiger charge is 2.31. The van der Waals surface area contributed by atoms with Gasteiger partial charge in [0.25, 0.3) is 11.8 Å². The van der Waals surface area contributed by atoms with E-state index in [1.165, 1.54) is 0 Å². The topological polar surface area (TPSA) is 76.5 Å². The molecule has 1 aromatic rings. The van der Waals surface area contributed by atoms with Crippen LogP contribution in [0.1, 0.15) is 69.6 Å². The van der Waals surface area contributed by atoms with E-state index in [-0.39, 0.29) is 29.7 Å². The van der Waals surface area contributed by atoms with Crippen LogP contribution in [-0.2, 0) is 16.1 Å². The second kappa shape index (κ2) is 9.35. The minimum Gasteiger partial charge on any atom is -0.371 e. The van der Waals surface area contributed by atoms with Gasteiger partial charge in [0.1, 0.15) is 11.8 Å². The molecule has 0 bridgehead atoms. The number of carbonyl (C=O) groups is 2. The first-order valence-corrected chi connectivity index (χ1v) is 9.98. The quantitative estimate of drug-likeness (QED) is 0.790. The lowest BCUT2D eigenvalue weighted by Gasteiger charge is -2.35. The van der Waals surface area contributed by atoms with Crippen molar-refractivity contribution in [2.75, 3.05) is 20.2 Å². The molecule has 2 heterocycles. The van der Waals surface area contributed by atoms with Gasteiger partial charge in [0.05, 0.1) is 5.69 Å². The number of amides is 2. The van der Waals surface area contributed by atoms with Crippen LogP contribution in [-0.4, -0.2) is 58.8 Å². The summed E-state index contributed by atoms with van der Waals surface area (Å²) in [7, 11) is 1.57. The van der Waals surface area contributed by atoms with E-state index in [9.17, 15) is 9.59 Å². The van der Waals surface area contributed by atoms with E-state index in [1.54, 1.807) is 11.8 Å². The monoisotopic (exact) mass is 378 g/mol.